The van der Waals surface area contributed by atoms with Crippen molar-refractivity contribution in [1.29, 1.82) is 0 Å². The van der Waals surface area contributed by atoms with Gasteiger partial charge < -0.3 is 10.5 Å². The molecule has 94 valence electrons. The first-order valence-electron chi connectivity index (χ1n) is 6.46. The van der Waals surface area contributed by atoms with Gasteiger partial charge in [-0.3, -0.25) is 4.79 Å². The van der Waals surface area contributed by atoms with Gasteiger partial charge in [0, 0.05) is 5.54 Å². The van der Waals surface area contributed by atoms with Gasteiger partial charge >= 0.3 is 5.97 Å². The Morgan fingerprint density at radius 2 is 1.94 bits per heavy atom. The Balaban J connectivity index is 2.22. The van der Waals surface area contributed by atoms with E-state index in [1.54, 1.807) is 0 Å². The van der Waals surface area contributed by atoms with Gasteiger partial charge in [0.2, 0.25) is 0 Å². The van der Waals surface area contributed by atoms with Crippen LogP contribution in [-0.4, -0.2) is 18.1 Å². The number of carbonyl (C=O) groups excluding carboxylic acids is 1. The van der Waals surface area contributed by atoms with E-state index in [-0.39, 0.29) is 11.5 Å². The Morgan fingerprint density at radius 3 is 2.50 bits per heavy atom. The summed E-state index contributed by atoms with van der Waals surface area (Å²) in [6.45, 7) is 4.78. The predicted molar refractivity (Wildman–Crippen MR) is 65.0 cm³/mol. The highest BCUT2D eigenvalue weighted by Gasteiger charge is 2.30. The molecule has 0 bridgehead atoms. The van der Waals surface area contributed by atoms with Crippen LogP contribution >= 0.6 is 0 Å². The van der Waals surface area contributed by atoms with Gasteiger partial charge in [-0.15, -0.1) is 0 Å². The molecule has 0 aliphatic heterocycles. The van der Waals surface area contributed by atoms with Crippen LogP contribution < -0.4 is 5.73 Å². The average Bonchev–Trinajstić information content (AvgIpc) is 2.17. The van der Waals surface area contributed by atoms with Gasteiger partial charge in [0.1, 0.15) is 0 Å². The van der Waals surface area contributed by atoms with E-state index >= 15 is 0 Å². The summed E-state index contributed by atoms with van der Waals surface area (Å²) in [5.74, 6) is 0.458. The minimum Gasteiger partial charge on any atom is -0.466 e. The third-order valence-corrected chi connectivity index (χ3v) is 3.30. The van der Waals surface area contributed by atoms with E-state index in [9.17, 15) is 4.79 Å². The van der Waals surface area contributed by atoms with Crippen molar-refractivity contribution in [2.24, 2.45) is 11.7 Å². The number of ether oxygens (including phenoxy) is 1. The summed E-state index contributed by atoms with van der Waals surface area (Å²) in [6.07, 6.45) is 6.81. The molecule has 1 aliphatic carbocycles. The van der Waals surface area contributed by atoms with E-state index < -0.39 is 0 Å². The van der Waals surface area contributed by atoms with Gasteiger partial charge in [-0.2, -0.15) is 0 Å². The van der Waals surface area contributed by atoms with Crippen LogP contribution in [0.5, 0.6) is 0 Å². The van der Waals surface area contributed by atoms with Gasteiger partial charge in [0.25, 0.3) is 0 Å². The van der Waals surface area contributed by atoms with E-state index in [2.05, 4.69) is 13.8 Å². The Hall–Kier alpha value is -0.570. The summed E-state index contributed by atoms with van der Waals surface area (Å²) < 4.78 is 5.20. The van der Waals surface area contributed by atoms with Gasteiger partial charge in [-0.25, -0.2) is 0 Å². The molecule has 0 aromatic carbocycles. The zero-order valence-electron chi connectivity index (χ0n) is 10.6. The zero-order chi connectivity index (χ0) is 12.0. The number of carbonyl (C=O) groups is 1. The lowest BCUT2D eigenvalue weighted by molar-refractivity contribution is -0.145. The van der Waals surface area contributed by atoms with Gasteiger partial charge in [-0.1, -0.05) is 33.1 Å². The fourth-order valence-corrected chi connectivity index (χ4v) is 2.18. The van der Waals surface area contributed by atoms with Crippen LogP contribution in [0.2, 0.25) is 0 Å². The normalized spacial score (nSPS) is 19.8. The van der Waals surface area contributed by atoms with Crippen LogP contribution in [0.4, 0.5) is 0 Å². The highest BCUT2D eigenvalue weighted by Crippen LogP contribution is 2.28. The first-order chi connectivity index (χ1) is 7.52. The number of nitrogens with two attached hydrogens (primary N) is 1. The van der Waals surface area contributed by atoms with Crippen molar-refractivity contribution >= 4 is 5.97 Å². The van der Waals surface area contributed by atoms with Gasteiger partial charge in [0.15, 0.2) is 0 Å². The SMILES string of the molecule is CC(C)CCOC(=O)CC1(N)CCCCC1. The second-order valence-electron chi connectivity index (χ2n) is 5.50. The molecule has 3 heteroatoms. The quantitative estimate of drug-likeness (QED) is 0.735. The second kappa shape index (κ2) is 6.24. The maximum Gasteiger partial charge on any atom is 0.307 e. The minimum atomic E-state index is -0.285. The van der Waals surface area contributed by atoms with Crippen LogP contribution in [0.3, 0.4) is 0 Å². The average molecular weight is 227 g/mol. The molecular formula is C13H25NO2. The number of esters is 1. The lowest BCUT2D eigenvalue weighted by Gasteiger charge is -2.32. The molecular weight excluding hydrogens is 202 g/mol. The smallest absolute Gasteiger partial charge is 0.307 e. The Labute approximate surface area is 98.7 Å². The van der Waals surface area contributed by atoms with Crippen LogP contribution in [0.15, 0.2) is 0 Å². The summed E-state index contributed by atoms with van der Waals surface area (Å²) in [4.78, 5) is 11.6. The summed E-state index contributed by atoms with van der Waals surface area (Å²) in [5, 5.41) is 0. The van der Waals surface area contributed by atoms with E-state index in [1.165, 1.54) is 6.42 Å². The molecule has 2 N–H and O–H groups in total. The zero-order valence-corrected chi connectivity index (χ0v) is 10.6. The molecule has 0 unspecified atom stereocenters. The van der Waals surface area contributed by atoms with Gasteiger partial charge in [0.05, 0.1) is 13.0 Å². The highest BCUT2D eigenvalue weighted by atomic mass is 16.5. The lowest BCUT2D eigenvalue weighted by atomic mass is 9.80. The summed E-state index contributed by atoms with van der Waals surface area (Å²) in [6, 6.07) is 0. The van der Waals surface area contributed by atoms with Crippen molar-refractivity contribution in [3.05, 3.63) is 0 Å². The predicted octanol–water partition coefficient (Wildman–Crippen LogP) is 2.63. The Kier molecular flexibility index (Phi) is 5.26. The Morgan fingerprint density at radius 1 is 1.31 bits per heavy atom. The monoisotopic (exact) mass is 227 g/mol. The van der Waals surface area contributed by atoms with Crippen molar-refractivity contribution in [1.82, 2.24) is 0 Å². The number of hydrogen-bond acceptors (Lipinski definition) is 3. The van der Waals surface area contributed by atoms with Crippen molar-refractivity contribution in [3.8, 4) is 0 Å². The third-order valence-electron chi connectivity index (χ3n) is 3.30. The van der Waals surface area contributed by atoms with Crippen LogP contribution in [-0.2, 0) is 9.53 Å². The molecule has 0 atom stereocenters. The standard InChI is InChI=1S/C13H25NO2/c1-11(2)6-9-16-12(15)10-13(14)7-4-3-5-8-13/h11H,3-10,14H2,1-2H3. The summed E-state index contributed by atoms with van der Waals surface area (Å²) >= 11 is 0. The maximum absolute atomic E-state index is 11.6. The number of hydrogen-bond donors (Lipinski definition) is 1. The molecule has 0 aromatic heterocycles. The molecule has 1 saturated carbocycles. The first-order valence-corrected chi connectivity index (χ1v) is 6.46. The fourth-order valence-electron chi connectivity index (χ4n) is 2.18. The molecule has 0 radical (unpaired) electrons. The summed E-state index contributed by atoms with van der Waals surface area (Å²) in [7, 11) is 0. The molecule has 0 heterocycles. The van der Waals surface area contributed by atoms with Crippen molar-refractivity contribution < 1.29 is 9.53 Å². The molecule has 0 amide bonds. The van der Waals surface area contributed by atoms with Crippen molar-refractivity contribution in [2.45, 2.75) is 64.3 Å². The molecule has 0 spiro atoms. The van der Waals surface area contributed by atoms with Crippen LogP contribution in [0.25, 0.3) is 0 Å². The van der Waals surface area contributed by atoms with Crippen LogP contribution in [0.1, 0.15) is 58.8 Å². The van der Waals surface area contributed by atoms with Gasteiger partial charge in [-0.05, 0) is 25.2 Å². The molecule has 1 fully saturated rings. The van der Waals surface area contributed by atoms with Crippen molar-refractivity contribution in [3.63, 3.8) is 0 Å². The van der Waals surface area contributed by atoms with E-state index in [4.69, 9.17) is 10.5 Å². The fraction of sp³-hybridized carbons (Fsp3) is 0.923. The van der Waals surface area contributed by atoms with E-state index in [0.717, 1.165) is 32.1 Å². The Bertz CT molecular complexity index is 220. The van der Waals surface area contributed by atoms with E-state index in [1.807, 2.05) is 0 Å². The molecule has 0 aromatic rings. The number of rotatable bonds is 5. The lowest BCUT2D eigenvalue weighted by Crippen LogP contribution is -2.43. The second-order valence-corrected chi connectivity index (χ2v) is 5.50. The third kappa shape index (κ3) is 4.97. The molecule has 3 nitrogen and oxygen atoms in total. The topological polar surface area (TPSA) is 52.3 Å². The van der Waals surface area contributed by atoms with E-state index in [0.29, 0.717) is 18.9 Å². The molecule has 0 saturated heterocycles. The maximum atomic E-state index is 11.6. The van der Waals surface area contributed by atoms with Crippen LogP contribution in [0, 0.1) is 5.92 Å². The highest BCUT2D eigenvalue weighted by molar-refractivity contribution is 5.70. The summed E-state index contributed by atoms with van der Waals surface area (Å²) in [5.41, 5.74) is 5.91. The van der Waals surface area contributed by atoms with Crippen molar-refractivity contribution in [2.75, 3.05) is 6.61 Å². The molecule has 1 aliphatic rings. The molecule has 16 heavy (non-hydrogen) atoms. The molecule has 1 rings (SSSR count). The minimum absolute atomic E-state index is 0.120. The first kappa shape index (κ1) is 13.5. The largest absolute Gasteiger partial charge is 0.466 e.